The van der Waals surface area contributed by atoms with Crippen molar-refractivity contribution >= 4 is 17.6 Å². The summed E-state index contributed by atoms with van der Waals surface area (Å²) >= 11 is 0. The number of amides is 3. The highest BCUT2D eigenvalue weighted by Gasteiger charge is 2.01. The molecule has 3 amide bonds. The standard InChI is InChI=1S/C17H20N4O2/c1-13(22)21-16-4-2-14(3-5-16)8-11-19-17(23)20-12-15-6-9-18-10-7-15/h2-7,9-10H,8,11-12H2,1H3,(H,21,22)(H2,19,20,23). The van der Waals surface area contributed by atoms with Gasteiger partial charge in [0.1, 0.15) is 0 Å². The van der Waals surface area contributed by atoms with Crippen LogP contribution >= 0.6 is 0 Å². The Bertz CT molecular complexity index is 641. The highest BCUT2D eigenvalue weighted by Crippen LogP contribution is 2.09. The molecule has 0 fully saturated rings. The molecule has 0 bridgehead atoms. The molecule has 0 aliphatic carbocycles. The van der Waals surface area contributed by atoms with E-state index in [0.717, 1.165) is 23.2 Å². The minimum Gasteiger partial charge on any atom is -0.338 e. The minimum atomic E-state index is -0.198. The molecule has 0 saturated carbocycles. The average molecular weight is 312 g/mol. The van der Waals surface area contributed by atoms with Crippen LogP contribution < -0.4 is 16.0 Å². The number of pyridine rings is 1. The lowest BCUT2D eigenvalue weighted by Crippen LogP contribution is -2.36. The van der Waals surface area contributed by atoms with Gasteiger partial charge < -0.3 is 16.0 Å². The van der Waals surface area contributed by atoms with E-state index in [9.17, 15) is 9.59 Å². The SMILES string of the molecule is CC(=O)Nc1ccc(CCNC(=O)NCc2ccncc2)cc1. The fourth-order valence-electron chi connectivity index (χ4n) is 2.02. The van der Waals surface area contributed by atoms with Gasteiger partial charge in [-0.05, 0) is 41.8 Å². The van der Waals surface area contributed by atoms with Crippen LogP contribution in [0.2, 0.25) is 0 Å². The number of carbonyl (C=O) groups is 2. The molecular formula is C17H20N4O2. The first-order valence-electron chi connectivity index (χ1n) is 7.40. The van der Waals surface area contributed by atoms with Crippen molar-refractivity contribution in [1.29, 1.82) is 0 Å². The molecule has 2 aromatic rings. The van der Waals surface area contributed by atoms with Gasteiger partial charge in [0.25, 0.3) is 0 Å². The molecular weight excluding hydrogens is 292 g/mol. The van der Waals surface area contributed by atoms with E-state index in [1.165, 1.54) is 6.92 Å². The molecule has 23 heavy (non-hydrogen) atoms. The van der Waals surface area contributed by atoms with Crippen LogP contribution in [0.5, 0.6) is 0 Å². The highest BCUT2D eigenvalue weighted by atomic mass is 16.2. The summed E-state index contributed by atoms with van der Waals surface area (Å²) in [6, 6.07) is 11.1. The predicted octanol–water partition coefficient (Wildman–Crippen LogP) is 2.08. The normalized spacial score (nSPS) is 9.96. The molecule has 2 rings (SSSR count). The van der Waals surface area contributed by atoms with E-state index in [1.54, 1.807) is 12.4 Å². The first kappa shape index (κ1) is 16.5. The smallest absolute Gasteiger partial charge is 0.315 e. The van der Waals surface area contributed by atoms with Gasteiger partial charge in [-0.1, -0.05) is 12.1 Å². The van der Waals surface area contributed by atoms with Crippen LogP contribution in [0, 0.1) is 0 Å². The molecule has 1 aromatic heterocycles. The number of hydrogen-bond acceptors (Lipinski definition) is 3. The number of benzene rings is 1. The first-order chi connectivity index (χ1) is 11.1. The van der Waals surface area contributed by atoms with Crippen LogP contribution in [-0.4, -0.2) is 23.5 Å². The quantitative estimate of drug-likeness (QED) is 0.763. The number of hydrogen-bond donors (Lipinski definition) is 3. The zero-order valence-electron chi connectivity index (χ0n) is 13.0. The summed E-state index contributed by atoms with van der Waals surface area (Å²) in [6.45, 7) is 2.49. The maximum absolute atomic E-state index is 11.7. The Hall–Kier alpha value is -2.89. The fourth-order valence-corrected chi connectivity index (χ4v) is 2.02. The number of carbonyl (C=O) groups excluding carboxylic acids is 2. The van der Waals surface area contributed by atoms with Crippen molar-refractivity contribution in [2.45, 2.75) is 19.9 Å². The van der Waals surface area contributed by atoms with Crippen molar-refractivity contribution in [3.8, 4) is 0 Å². The van der Waals surface area contributed by atoms with Crippen LogP contribution in [0.25, 0.3) is 0 Å². The van der Waals surface area contributed by atoms with E-state index in [0.29, 0.717) is 13.1 Å². The molecule has 0 atom stereocenters. The van der Waals surface area contributed by atoms with Crippen molar-refractivity contribution in [1.82, 2.24) is 15.6 Å². The lowest BCUT2D eigenvalue weighted by molar-refractivity contribution is -0.114. The third-order valence-corrected chi connectivity index (χ3v) is 3.18. The van der Waals surface area contributed by atoms with Gasteiger partial charge in [0.15, 0.2) is 0 Å². The van der Waals surface area contributed by atoms with Gasteiger partial charge in [0.05, 0.1) is 0 Å². The number of rotatable bonds is 6. The van der Waals surface area contributed by atoms with E-state index >= 15 is 0 Å². The lowest BCUT2D eigenvalue weighted by Gasteiger charge is -2.08. The molecule has 0 spiro atoms. The van der Waals surface area contributed by atoms with Crippen molar-refractivity contribution in [2.75, 3.05) is 11.9 Å². The summed E-state index contributed by atoms with van der Waals surface area (Å²) in [5.74, 6) is -0.0923. The molecule has 3 N–H and O–H groups in total. The van der Waals surface area contributed by atoms with Gasteiger partial charge in [0, 0.05) is 38.1 Å². The average Bonchev–Trinajstić information content (AvgIpc) is 2.55. The predicted molar refractivity (Wildman–Crippen MR) is 88.9 cm³/mol. The van der Waals surface area contributed by atoms with Crippen molar-refractivity contribution in [3.05, 3.63) is 59.9 Å². The Morgan fingerprint density at radius 1 is 0.957 bits per heavy atom. The van der Waals surface area contributed by atoms with Gasteiger partial charge in [-0.3, -0.25) is 9.78 Å². The van der Waals surface area contributed by atoms with Crippen LogP contribution in [0.3, 0.4) is 0 Å². The zero-order valence-corrected chi connectivity index (χ0v) is 13.0. The van der Waals surface area contributed by atoms with Crippen molar-refractivity contribution in [3.63, 3.8) is 0 Å². The fraction of sp³-hybridized carbons (Fsp3) is 0.235. The Kier molecular flexibility index (Phi) is 6.11. The molecule has 0 saturated heterocycles. The number of nitrogens with zero attached hydrogens (tertiary/aromatic N) is 1. The minimum absolute atomic E-state index is 0.0923. The Morgan fingerprint density at radius 2 is 1.65 bits per heavy atom. The summed E-state index contributed by atoms with van der Waals surface area (Å²) in [5.41, 5.74) is 2.86. The highest BCUT2D eigenvalue weighted by molar-refractivity contribution is 5.88. The number of urea groups is 1. The van der Waals surface area contributed by atoms with Gasteiger partial charge in [-0.15, -0.1) is 0 Å². The van der Waals surface area contributed by atoms with Gasteiger partial charge in [-0.2, -0.15) is 0 Å². The molecule has 1 aromatic carbocycles. The molecule has 6 nitrogen and oxygen atoms in total. The van der Waals surface area contributed by atoms with E-state index < -0.39 is 0 Å². The third kappa shape index (κ3) is 6.17. The summed E-state index contributed by atoms with van der Waals surface area (Å²) < 4.78 is 0. The maximum atomic E-state index is 11.7. The number of anilines is 1. The van der Waals surface area contributed by atoms with Crippen LogP contribution in [0.4, 0.5) is 10.5 Å². The second kappa shape index (κ2) is 8.53. The van der Waals surface area contributed by atoms with Gasteiger partial charge in [-0.25, -0.2) is 4.79 Å². The Balaban J connectivity index is 1.68. The van der Waals surface area contributed by atoms with Gasteiger partial charge >= 0.3 is 6.03 Å². The topological polar surface area (TPSA) is 83.1 Å². The van der Waals surface area contributed by atoms with E-state index in [4.69, 9.17) is 0 Å². The van der Waals surface area contributed by atoms with E-state index in [-0.39, 0.29) is 11.9 Å². The second-order valence-electron chi connectivity index (χ2n) is 5.09. The lowest BCUT2D eigenvalue weighted by atomic mass is 10.1. The van der Waals surface area contributed by atoms with Crippen molar-refractivity contribution in [2.24, 2.45) is 0 Å². The number of aromatic nitrogens is 1. The van der Waals surface area contributed by atoms with Crippen LogP contribution in [-0.2, 0) is 17.8 Å². The molecule has 6 heteroatoms. The van der Waals surface area contributed by atoms with E-state index in [2.05, 4.69) is 20.9 Å². The molecule has 0 radical (unpaired) electrons. The third-order valence-electron chi connectivity index (χ3n) is 3.18. The monoisotopic (exact) mass is 312 g/mol. The molecule has 0 aliphatic rings. The first-order valence-corrected chi connectivity index (χ1v) is 7.40. The largest absolute Gasteiger partial charge is 0.338 e. The maximum Gasteiger partial charge on any atom is 0.315 e. The Morgan fingerprint density at radius 3 is 2.30 bits per heavy atom. The molecule has 0 aliphatic heterocycles. The summed E-state index contributed by atoms with van der Waals surface area (Å²) in [7, 11) is 0. The summed E-state index contributed by atoms with van der Waals surface area (Å²) in [6.07, 6.45) is 4.11. The van der Waals surface area contributed by atoms with Gasteiger partial charge in [0.2, 0.25) is 5.91 Å². The summed E-state index contributed by atoms with van der Waals surface area (Å²) in [5, 5.41) is 8.32. The summed E-state index contributed by atoms with van der Waals surface area (Å²) in [4.78, 5) is 26.6. The second-order valence-corrected chi connectivity index (χ2v) is 5.09. The molecule has 120 valence electrons. The Labute approximate surface area is 135 Å². The van der Waals surface area contributed by atoms with E-state index in [1.807, 2.05) is 36.4 Å². The van der Waals surface area contributed by atoms with Crippen LogP contribution in [0.1, 0.15) is 18.1 Å². The molecule has 1 heterocycles. The zero-order chi connectivity index (χ0) is 16.5. The van der Waals surface area contributed by atoms with Crippen molar-refractivity contribution < 1.29 is 9.59 Å². The number of nitrogens with one attached hydrogen (secondary N) is 3. The molecule has 0 unspecified atom stereocenters. The van der Waals surface area contributed by atoms with Crippen LogP contribution in [0.15, 0.2) is 48.8 Å².